The summed E-state index contributed by atoms with van der Waals surface area (Å²) in [5.74, 6) is 0. The molecular formula is C12H10BrF3N2. The van der Waals surface area contributed by atoms with E-state index in [0.717, 1.165) is 20.3 Å². The summed E-state index contributed by atoms with van der Waals surface area (Å²) in [5.41, 5.74) is 2.53. The van der Waals surface area contributed by atoms with Crippen molar-refractivity contribution in [2.45, 2.75) is 19.6 Å². The summed E-state index contributed by atoms with van der Waals surface area (Å²) in [4.78, 5) is 0. The second-order valence-corrected chi connectivity index (χ2v) is 4.81. The summed E-state index contributed by atoms with van der Waals surface area (Å²) in [6, 6.07) is 5.58. The van der Waals surface area contributed by atoms with Crippen LogP contribution in [0, 0.1) is 6.92 Å². The Hall–Kier alpha value is -1.30. The lowest BCUT2D eigenvalue weighted by molar-refractivity contribution is -0.142. The highest BCUT2D eigenvalue weighted by atomic mass is 79.9. The van der Waals surface area contributed by atoms with Gasteiger partial charge in [0.25, 0.3) is 0 Å². The molecular weight excluding hydrogens is 309 g/mol. The van der Waals surface area contributed by atoms with Crippen molar-refractivity contribution < 1.29 is 13.2 Å². The van der Waals surface area contributed by atoms with Crippen molar-refractivity contribution in [3.05, 3.63) is 40.6 Å². The zero-order chi connectivity index (χ0) is 13.3. The molecule has 1 aromatic carbocycles. The summed E-state index contributed by atoms with van der Waals surface area (Å²) in [5, 5.41) is 3.73. The maximum Gasteiger partial charge on any atom is 0.408 e. The number of nitrogens with zero attached hydrogens (tertiary/aromatic N) is 2. The van der Waals surface area contributed by atoms with E-state index in [1.165, 1.54) is 12.4 Å². The molecule has 0 bridgehead atoms. The average Bonchev–Trinajstić information content (AvgIpc) is 2.68. The SMILES string of the molecule is Cc1c(Br)cccc1-c1cnn(CC(F)(F)F)c1. The minimum Gasteiger partial charge on any atom is -0.263 e. The summed E-state index contributed by atoms with van der Waals surface area (Å²) >= 11 is 3.39. The summed E-state index contributed by atoms with van der Waals surface area (Å²) < 4.78 is 38.5. The Bertz CT molecular complexity index is 561. The first-order valence-electron chi connectivity index (χ1n) is 5.21. The van der Waals surface area contributed by atoms with Gasteiger partial charge in [0.05, 0.1) is 6.20 Å². The smallest absolute Gasteiger partial charge is 0.263 e. The molecule has 96 valence electrons. The van der Waals surface area contributed by atoms with E-state index in [9.17, 15) is 13.2 Å². The molecule has 2 aromatic rings. The molecule has 0 saturated carbocycles. The summed E-state index contributed by atoms with van der Waals surface area (Å²) in [6.07, 6.45) is -1.40. The minimum atomic E-state index is -4.25. The fourth-order valence-electron chi connectivity index (χ4n) is 1.69. The highest BCUT2D eigenvalue weighted by molar-refractivity contribution is 9.10. The van der Waals surface area contributed by atoms with Crippen molar-refractivity contribution in [3.63, 3.8) is 0 Å². The molecule has 1 heterocycles. The molecule has 0 radical (unpaired) electrons. The third kappa shape index (κ3) is 2.93. The molecule has 0 N–H and O–H groups in total. The van der Waals surface area contributed by atoms with E-state index in [0.29, 0.717) is 5.56 Å². The molecule has 1 aromatic heterocycles. The minimum absolute atomic E-state index is 0.679. The zero-order valence-corrected chi connectivity index (χ0v) is 11.1. The van der Waals surface area contributed by atoms with Crippen LogP contribution < -0.4 is 0 Å². The Kier molecular flexibility index (Phi) is 3.47. The Labute approximate surface area is 111 Å². The fraction of sp³-hybridized carbons (Fsp3) is 0.250. The predicted molar refractivity (Wildman–Crippen MR) is 66.2 cm³/mol. The number of rotatable bonds is 2. The third-order valence-electron chi connectivity index (χ3n) is 2.55. The van der Waals surface area contributed by atoms with Crippen LogP contribution in [0.5, 0.6) is 0 Å². The van der Waals surface area contributed by atoms with Gasteiger partial charge in [-0.25, -0.2) is 0 Å². The number of hydrogen-bond donors (Lipinski definition) is 0. The standard InChI is InChI=1S/C12H10BrF3N2/c1-8-10(3-2-4-11(8)13)9-5-17-18(6-9)7-12(14,15)16/h2-6H,7H2,1H3. The fourth-order valence-corrected chi connectivity index (χ4v) is 2.06. The lowest BCUT2D eigenvalue weighted by Crippen LogP contribution is -2.17. The second kappa shape index (κ2) is 4.76. The highest BCUT2D eigenvalue weighted by Crippen LogP contribution is 2.28. The topological polar surface area (TPSA) is 17.8 Å². The van der Waals surface area contributed by atoms with Crippen molar-refractivity contribution in [1.82, 2.24) is 9.78 Å². The van der Waals surface area contributed by atoms with Gasteiger partial charge in [0.15, 0.2) is 0 Å². The van der Waals surface area contributed by atoms with Crippen LogP contribution in [-0.2, 0) is 6.54 Å². The third-order valence-corrected chi connectivity index (χ3v) is 3.41. The molecule has 2 nitrogen and oxygen atoms in total. The van der Waals surface area contributed by atoms with Gasteiger partial charge in [0.2, 0.25) is 0 Å². The first-order valence-corrected chi connectivity index (χ1v) is 6.01. The lowest BCUT2D eigenvalue weighted by atomic mass is 10.0. The summed E-state index contributed by atoms with van der Waals surface area (Å²) in [6.45, 7) is 0.834. The number of hydrogen-bond acceptors (Lipinski definition) is 1. The quantitative estimate of drug-likeness (QED) is 0.812. The van der Waals surface area contributed by atoms with E-state index in [1.807, 2.05) is 25.1 Å². The Balaban J connectivity index is 2.33. The van der Waals surface area contributed by atoms with E-state index >= 15 is 0 Å². The molecule has 0 aliphatic heterocycles. The van der Waals surface area contributed by atoms with Crippen LogP contribution in [0.25, 0.3) is 11.1 Å². The van der Waals surface area contributed by atoms with Gasteiger partial charge in [0.1, 0.15) is 6.54 Å². The normalized spacial score (nSPS) is 11.8. The van der Waals surface area contributed by atoms with Crippen molar-refractivity contribution in [2.24, 2.45) is 0 Å². The first kappa shape index (κ1) is 13.1. The van der Waals surface area contributed by atoms with E-state index in [2.05, 4.69) is 21.0 Å². The van der Waals surface area contributed by atoms with Gasteiger partial charge in [-0.3, -0.25) is 4.68 Å². The van der Waals surface area contributed by atoms with Crippen LogP contribution in [0.2, 0.25) is 0 Å². The van der Waals surface area contributed by atoms with E-state index in [1.54, 1.807) is 0 Å². The Morgan fingerprint density at radius 1 is 1.33 bits per heavy atom. The van der Waals surface area contributed by atoms with Gasteiger partial charge in [-0.05, 0) is 24.1 Å². The van der Waals surface area contributed by atoms with E-state index in [-0.39, 0.29) is 0 Å². The van der Waals surface area contributed by atoms with Crippen LogP contribution in [0.1, 0.15) is 5.56 Å². The molecule has 0 unspecified atom stereocenters. The van der Waals surface area contributed by atoms with Crippen molar-refractivity contribution in [3.8, 4) is 11.1 Å². The average molecular weight is 319 g/mol. The zero-order valence-electron chi connectivity index (χ0n) is 9.50. The van der Waals surface area contributed by atoms with Gasteiger partial charge in [-0.1, -0.05) is 28.1 Å². The maximum absolute atomic E-state index is 12.2. The van der Waals surface area contributed by atoms with Crippen LogP contribution in [-0.4, -0.2) is 16.0 Å². The Morgan fingerprint density at radius 3 is 2.72 bits per heavy atom. The number of benzene rings is 1. The van der Waals surface area contributed by atoms with Gasteiger partial charge in [0, 0.05) is 16.2 Å². The number of aromatic nitrogens is 2. The molecule has 0 aliphatic rings. The molecule has 0 spiro atoms. The molecule has 0 aliphatic carbocycles. The van der Waals surface area contributed by atoms with Crippen molar-refractivity contribution in [2.75, 3.05) is 0 Å². The van der Waals surface area contributed by atoms with Crippen LogP contribution in [0.4, 0.5) is 13.2 Å². The van der Waals surface area contributed by atoms with Gasteiger partial charge in [-0.15, -0.1) is 0 Å². The number of halogens is 4. The van der Waals surface area contributed by atoms with Gasteiger partial charge >= 0.3 is 6.18 Å². The predicted octanol–water partition coefficient (Wildman–Crippen LogP) is 4.18. The first-order chi connectivity index (χ1) is 8.37. The van der Waals surface area contributed by atoms with Crippen LogP contribution in [0.3, 0.4) is 0 Å². The monoisotopic (exact) mass is 318 g/mol. The van der Waals surface area contributed by atoms with E-state index < -0.39 is 12.7 Å². The van der Waals surface area contributed by atoms with Crippen molar-refractivity contribution >= 4 is 15.9 Å². The van der Waals surface area contributed by atoms with Crippen LogP contribution in [0.15, 0.2) is 35.1 Å². The second-order valence-electron chi connectivity index (χ2n) is 3.95. The molecule has 0 atom stereocenters. The largest absolute Gasteiger partial charge is 0.408 e. The van der Waals surface area contributed by atoms with E-state index in [4.69, 9.17) is 0 Å². The van der Waals surface area contributed by atoms with Crippen molar-refractivity contribution in [1.29, 1.82) is 0 Å². The number of alkyl halides is 3. The molecule has 2 rings (SSSR count). The van der Waals surface area contributed by atoms with Gasteiger partial charge in [-0.2, -0.15) is 18.3 Å². The van der Waals surface area contributed by atoms with Gasteiger partial charge < -0.3 is 0 Å². The molecule has 0 fully saturated rings. The Morgan fingerprint density at radius 2 is 2.06 bits per heavy atom. The lowest BCUT2D eigenvalue weighted by Gasteiger charge is -2.06. The highest BCUT2D eigenvalue weighted by Gasteiger charge is 2.28. The summed E-state index contributed by atoms with van der Waals surface area (Å²) in [7, 11) is 0. The maximum atomic E-state index is 12.2. The molecule has 0 amide bonds. The molecule has 0 saturated heterocycles. The van der Waals surface area contributed by atoms with Crippen LogP contribution >= 0.6 is 15.9 Å². The molecule has 18 heavy (non-hydrogen) atoms. The molecule has 6 heteroatoms.